The van der Waals surface area contributed by atoms with Gasteiger partial charge < -0.3 is 16.8 Å². The quantitative estimate of drug-likeness (QED) is 0.328. The highest BCUT2D eigenvalue weighted by Gasteiger charge is 2.28. The summed E-state index contributed by atoms with van der Waals surface area (Å²) in [5, 5.41) is 6.30. The molecule has 0 aromatic carbocycles. The highest BCUT2D eigenvalue weighted by molar-refractivity contribution is 5.85. The molecule has 0 fully saturated rings. The first-order valence-electron chi connectivity index (χ1n) is 8.74. The zero-order valence-electron chi connectivity index (χ0n) is 15.3. The van der Waals surface area contributed by atoms with E-state index in [-0.39, 0.29) is 17.5 Å². The van der Waals surface area contributed by atoms with Crippen LogP contribution in [0.25, 0.3) is 0 Å². The number of rotatable bonds is 12. The van der Waals surface area contributed by atoms with Gasteiger partial charge in [0.1, 0.15) is 0 Å². The number of carbonyl (C=O) groups is 1. The van der Waals surface area contributed by atoms with E-state index in [0.717, 1.165) is 38.5 Å². The van der Waals surface area contributed by atoms with Gasteiger partial charge in [0.25, 0.3) is 0 Å². The van der Waals surface area contributed by atoms with E-state index in [9.17, 15) is 4.79 Å². The van der Waals surface area contributed by atoms with E-state index < -0.39 is 5.54 Å². The first kappa shape index (κ1) is 21.4. The first-order valence-corrected chi connectivity index (χ1v) is 8.74. The highest BCUT2D eigenvalue weighted by atomic mass is 16.2. The Hall–Kier alpha value is -0.650. The molecule has 0 aliphatic rings. The number of carbonyl (C=O) groups excluding carboxylic acids is 1. The Labute approximate surface area is 137 Å². The molecule has 0 saturated heterocycles. The smallest absolute Gasteiger partial charge is 0.240 e. The van der Waals surface area contributed by atoms with Gasteiger partial charge in [-0.3, -0.25) is 10.1 Å². The minimum atomic E-state index is -0.801. The summed E-state index contributed by atoms with van der Waals surface area (Å²) in [4.78, 5) is 12.2. The lowest BCUT2D eigenvalue weighted by molar-refractivity contribution is -0.126. The van der Waals surface area contributed by atoms with Crippen LogP contribution in [0.4, 0.5) is 0 Å². The Morgan fingerprint density at radius 2 is 1.73 bits per heavy atom. The maximum atomic E-state index is 12.2. The molecule has 1 amide bonds. The van der Waals surface area contributed by atoms with E-state index in [1.165, 1.54) is 0 Å². The zero-order valence-corrected chi connectivity index (χ0v) is 15.3. The number of nitrogens with one attached hydrogen (secondary N) is 2. The fourth-order valence-electron chi connectivity index (χ4n) is 2.29. The van der Waals surface area contributed by atoms with Gasteiger partial charge >= 0.3 is 0 Å². The number of hydrogen-bond donors (Lipinski definition) is 4. The van der Waals surface area contributed by atoms with Crippen LogP contribution in [0.5, 0.6) is 0 Å². The first-order chi connectivity index (χ1) is 10.2. The molecule has 5 heteroatoms. The lowest BCUT2D eigenvalue weighted by atomic mass is 9.94. The van der Waals surface area contributed by atoms with Crippen molar-refractivity contribution in [2.45, 2.75) is 96.7 Å². The second-order valence-electron chi connectivity index (χ2n) is 7.12. The molecule has 0 aliphatic heterocycles. The average Bonchev–Trinajstić information content (AvgIpc) is 2.46. The molecule has 6 N–H and O–H groups in total. The number of hydrogen-bond acceptors (Lipinski definition) is 4. The van der Waals surface area contributed by atoms with Crippen LogP contribution in [0.15, 0.2) is 0 Å². The third-order valence-electron chi connectivity index (χ3n) is 4.70. The van der Waals surface area contributed by atoms with E-state index >= 15 is 0 Å². The highest BCUT2D eigenvalue weighted by Crippen LogP contribution is 2.14. The van der Waals surface area contributed by atoms with Crippen LogP contribution in [0.2, 0.25) is 0 Å². The van der Waals surface area contributed by atoms with Crippen LogP contribution >= 0.6 is 0 Å². The maximum Gasteiger partial charge on any atom is 0.240 e. The molecule has 0 aromatic heterocycles. The molecule has 0 bridgehead atoms. The minimum absolute atomic E-state index is 0.0667. The average molecular weight is 315 g/mol. The molecule has 2 unspecified atom stereocenters. The van der Waals surface area contributed by atoms with Gasteiger partial charge in [-0.2, -0.15) is 0 Å². The second-order valence-corrected chi connectivity index (χ2v) is 7.12. The van der Waals surface area contributed by atoms with Crippen LogP contribution < -0.4 is 22.1 Å². The van der Waals surface area contributed by atoms with Crippen molar-refractivity contribution in [3.05, 3.63) is 0 Å². The monoisotopic (exact) mass is 314 g/mol. The van der Waals surface area contributed by atoms with E-state index in [0.29, 0.717) is 13.1 Å². The van der Waals surface area contributed by atoms with Crippen molar-refractivity contribution in [1.29, 1.82) is 0 Å². The minimum Gasteiger partial charge on any atom is -0.342 e. The van der Waals surface area contributed by atoms with Crippen LogP contribution in [0.3, 0.4) is 0 Å². The Balaban J connectivity index is 4.02. The van der Waals surface area contributed by atoms with Crippen molar-refractivity contribution in [2.24, 2.45) is 11.5 Å². The third kappa shape index (κ3) is 8.71. The topological polar surface area (TPSA) is 93.2 Å². The molecule has 0 heterocycles. The molecule has 132 valence electrons. The summed E-state index contributed by atoms with van der Waals surface area (Å²) in [5.74, 6) is -0.0817. The fourth-order valence-corrected chi connectivity index (χ4v) is 2.29. The van der Waals surface area contributed by atoms with Gasteiger partial charge in [-0.25, -0.2) is 0 Å². The Kier molecular flexibility index (Phi) is 9.89. The largest absolute Gasteiger partial charge is 0.342 e. The summed E-state index contributed by atoms with van der Waals surface area (Å²) in [6.07, 6.45) is 6.92. The summed E-state index contributed by atoms with van der Waals surface area (Å²) in [6, 6.07) is 0.255. The lowest BCUT2D eigenvalue weighted by Gasteiger charge is -2.30. The predicted molar refractivity (Wildman–Crippen MR) is 94.5 cm³/mol. The Bertz CT molecular complexity index is 312. The molecular weight excluding hydrogens is 276 g/mol. The molecule has 0 aliphatic carbocycles. The van der Waals surface area contributed by atoms with Gasteiger partial charge in [-0.05, 0) is 46.5 Å². The molecule has 0 spiro atoms. The number of unbranched alkanes of at least 4 members (excludes halogenated alkanes) is 2. The second kappa shape index (κ2) is 10.2. The van der Waals surface area contributed by atoms with Crippen molar-refractivity contribution >= 4 is 5.91 Å². The van der Waals surface area contributed by atoms with Gasteiger partial charge in [0, 0.05) is 11.6 Å². The molecule has 22 heavy (non-hydrogen) atoms. The van der Waals surface area contributed by atoms with Gasteiger partial charge in [-0.1, -0.05) is 33.1 Å². The van der Waals surface area contributed by atoms with Gasteiger partial charge in [0.05, 0.1) is 12.2 Å². The SMILES string of the molecule is CCC(C)(CC)NCNC(=O)C(C)(N)CCCCCC(C)N. The third-order valence-corrected chi connectivity index (χ3v) is 4.70. The number of nitrogens with two attached hydrogens (primary N) is 2. The van der Waals surface area contributed by atoms with Gasteiger partial charge in [-0.15, -0.1) is 0 Å². The van der Waals surface area contributed by atoms with Crippen LogP contribution in [-0.2, 0) is 4.79 Å². The van der Waals surface area contributed by atoms with Gasteiger partial charge in [0.2, 0.25) is 5.91 Å². The van der Waals surface area contributed by atoms with Crippen LogP contribution in [0.1, 0.15) is 79.6 Å². The summed E-state index contributed by atoms with van der Waals surface area (Å²) in [6.45, 7) is 10.8. The molecule has 2 atom stereocenters. The van der Waals surface area contributed by atoms with Crippen molar-refractivity contribution in [3.8, 4) is 0 Å². The molecule has 5 nitrogen and oxygen atoms in total. The standard InChI is InChI=1S/C17H38N4O/c1-6-16(4,7-2)21-13-20-15(22)17(5,19)12-10-8-9-11-14(3)18/h14,21H,6-13,18-19H2,1-5H3,(H,20,22). The molecule has 0 saturated carbocycles. The van der Waals surface area contributed by atoms with E-state index in [1.807, 2.05) is 13.8 Å². The summed E-state index contributed by atoms with van der Waals surface area (Å²) in [5.41, 5.74) is 11.1. The van der Waals surface area contributed by atoms with E-state index in [2.05, 4.69) is 31.4 Å². The van der Waals surface area contributed by atoms with Crippen molar-refractivity contribution in [3.63, 3.8) is 0 Å². The van der Waals surface area contributed by atoms with Crippen LogP contribution in [0, 0.1) is 0 Å². The summed E-state index contributed by atoms with van der Waals surface area (Å²) >= 11 is 0. The molecule has 0 rings (SSSR count). The van der Waals surface area contributed by atoms with Crippen molar-refractivity contribution in [2.75, 3.05) is 6.67 Å². The van der Waals surface area contributed by atoms with Crippen molar-refractivity contribution in [1.82, 2.24) is 10.6 Å². The van der Waals surface area contributed by atoms with Crippen molar-refractivity contribution < 1.29 is 4.79 Å². The zero-order chi connectivity index (χ0) is 17.2. The van der Waals surface area contributed by atoms with Gasteiger partial charge in [0.15, 0.2) is 0 Å². The predicted octanol–water partition coefficient (Wildman–Crippen LogP) is 2.24. The van der Waals surface area contributed by atoms with E-state index in [1.54, 1.807) is 0 Å². The molecular formula is C17H38N4O. The molecule has 0 aromatic rings. The molecule has 0 radical (unpaired) electrons. The maximum absolute atomic E-state index is 12.2. The summed E-state index contributed by atoms with van der Waals surface area (Å²) < 4.78 is 0. The number of amides is 1. The lowest BCUT2D eigenvalue weighted by Crippen LogP contribution is -2.55. The van der Waals surface area contributed by atoms with Crippen LogP contribution in [-0.4, -0.2) is 29.7 Å². The van der Waals surface area contributed by atoms with E-state index in [4.69, 9.17) is 11.5 Å². The Morgan fingerprint density at radius 3 is 2.23 bits per heavy atom. The Morgan fingerprint density at radius 1 is 1.14 bits per heavy atom. The summed E-state index contributed by atoms with van der Waals surface area (Å²) in [7, 11) is 0. The normalized spacial score (nSPS) is 16.1. The fraction of sp³-hybridized carbons (Fsp3) is 0.941.